The molecular formula is C18H26N4O. The molecule has 1 aromatic carbocycles. The number of benzene rings is 1. The van der Waals surface area contributed by atoms with Gasteiger partial charge in [-0.3, -0.25) is 4.79 Å². The van der Waals surface area contributed by atoms with Crippen molar-refractivity contribution in [1.29, 1.82) is 0 Å². The number of imidazole rings is 1. The van der Waals surface area contributed by atoms with Gasteiger partial charge in [-0.1, -0.05) is 32.9 Å². The highest BCUT2D eigenvalue weighted by Crippen LogP contribution is 2.25. The second-order valence-corrected chi connectivity index (χ2v) is 7.04. The number of aryl methyl sites for hydroxylation is 1. The van der Waals surface area contributed by atoms with Crippen LogP contribution in [0.5, 0.6) is 0 Å². The van der Waals surface area contributed by atoms with Crippen molar-refractivity contribution in [2.75, 3.05) is 19.0 Å². The molecule has 2 aromatic rings. The Hall–Kier alpha value is -2.30. The minimum Gasteiger partial charge on any atom is -0.378 e. The van der Waals surface area contributed by atoms with Crippen LogP contribution >= 0.6 is 0 Å². The lowest BCUT2D eigenvalue weighted by molar-refractivity contribution is -0.129. The second kappa shape index (κ2) is 6.44. The van der Waals surface area contributed by atoms with Crippen LogP contribution in [0.2, 0.25) is 0 Å². The third-order valence-electron chi connectivity index (χ3n) is 3.82. The Morgan fingerprint density at radius 1 is 1.22 bits per heavy atom. The van der Waals surface area contributed by atoms with Gasteiger partial charge in [0.15, 0.2) is 0 Å². The van der Waals surface area contributed by atoms with Crippen molar-refractivity contribution in [3.63, 3.8) is 0 Å². The highest BCUT2D eigenvalue weighted by atomic mass is 16.2. The van der Waals surface area contributed by atoms with Gasteiger partial charge in [0, 0.05) is 44.6 Å². The number of nitrogens with zero attached hydrogens (tertiary/aromatic N) is 3. The summed E-state index contributed by atoms with van der Waals surface area (Å²) in [6.45, 7) is 5.73. The molecule has 0 aliphatic carbocycles. The van der Waals surface area contributed by atoms with Gasteiger partial charge in [0.2, 0.25) is 5.91 Å². The normalized spacial score (nSPS) is 12.8. The zero-order valence-electron chi connectivity index (χ0n) is 14.8. The molecule has 0 bridgehead atoms. The van der Waals surface area contributed by atoms with E-state index in [0.29, 0.717) is 0 Å². The summed E-state index contributed by atoms with van der Waals surface area (Å²) in [6, 6.07) is 7.91. The number of aromatic nitrogens is 2. The summed E-state index contributed by atoms with van der Waals surface area (Å²) in [5.41, 5.74) is 1.68. The van der Waals surface area contributed by atoms with E-state index in [-0.39, 0.29) is 11.9 Å². The quantitative estimate of drug-likeness (QED) is 0.944. The van der Waals surface area contributed by atoms with Gasteiger partial charge in [0.1, 0.15) is 11.9 Å². The molecular weight excluding hydrogens is 288 g/mol. The Bertz CT molecular complexity index is 665. The molecule has 1 heterocycles. The molecule has 124 valence electrons. The number of rotatable bonds is 4. The van der Waals surface area contributed by atoms with Crippen molar-refractivity contribution in [1.82, 2.24) is 14.9 Å². The van der Waals surface area contributed by atoms with E-state index >= 15 is 0 Å². The number of carbonyl (C=O) groups excluding carboxylic acids is 1. The molecule has 0 aliphatic heterocycles. The van der Waals surface area contributed by atoms with Crippen LogP contribution in [-0.4, -0.2) is 29.6 Å². The van der Waals surface area contributed by atoms with E-state index in [1.807, 2.05) is 69.7 Å². The van der Waals surface area contributed by atoms with E-state index in [9.17, 15) is 4.79 Å². The van der Waals surface area contributed by atoms with Crippen LogP contribution in [0.25, 0.3) is 0 Å². The third-order valence-corrected chi connectivity index (χ3v) is 3.82. The van der Waals surface area contributed by atoms with Crippen molar-refractivity contribution in [3.05, 3.63) is 48.0 Å². The standard InChI is InChI=1S/C18H26N4O/c1-18(2,3)17(23)20-15(16-19-11-12-22(16)6)13-7-9-14(10-8-13)21(4)5/h7-12,15H,1-6H3,(H,20,23). The molecule has 0 saturated carbocycles. The molecule has 5 heteroatoms. The van der Waals surface area contributed by atoms with Gasteiger partial charge in [-0.05, 0) is 17.7 Å². The largest absolute Gasteiger partial charge is 0.378 e. The van der Waals surface area contributed by atoms with E-state index < -0.39 is 5.41 Å². The van der Waals surface area contributed by atoms with Crippen LogP contribution < -0.4 is 10.2 Å². The van der Waals surface area contributed by atoms with Gasteiger partial charge in [-0.2, -0.15) is 0 Å². The smallest absolute Gasteiger partial charge is 0.226 e. The number of hydrogen-bond acceptors (Lipinski definition) is 3. The summed E-state index contributed by atoms with van der Waals surface area (Å²) in [6.07, 6.45) is 3.64. The highest BCUT2D eigenvalue weighted by Gasteiger charge is 2.27. The fourth-order valence-electron chi connectivity index (χ4n) is 2.26. The molecule has 1 amide bonds. The van der Waals surface area contributed by atoms with Crippen molar-refractivity contribution >= 4 is 11.6 Å². The zero-order chi connectivity index (χ0) is 17.2. The molecule has 0 radical (unpaired) electrons. The lowest BCUT2D eigenvalue weighted by Gasteiger charge is -2.25. The van der Waals surface area contributed by atoms with Crippen LogP contribution in [0.1, 0.15) is 38.2 Å². The van der Waals surface area contributed by atoms with Crippen molar-refractivity contribution in [2.45, 2.75) is 26.8 Å². The first-order valence-electron chi connectivity index (χ1n) is 7.75. The molecule has 1 N–H and O–H groups in total. The van der Waals surface area contributed by atoms with Gasteiger partial charge in [0.05, 0.1) is 0 Å². The maximum atomic E-state index is 12.5. The minimum atomic E-state index is -0.451. The average Bonchev–Trinajstić information content (AvgIpc) is 2.89. The predicted molar refractivity (Wildman–Crippen MR) is 93.4 cm³/mol. The summed E-state index contributed by atoms with van der Waals surface area (Å²) in [5, 5.41) is 3.13. The molecule has 0 saturated heterocycles. The molecule has 1 atom stereocenters. The first-order chi connectivity index (χ1) is 10.7. The molecule has 0 fully saturated rings. The van der Waals surface area contributed by atoms with E-state index in [1.165, 1.54) is 0 Å². The predicted octanol–water partition coefficient (Wildman–Crippen LogP) is 2.74. The van der Waals surface area contributed by atoms with Crippen molar-refractivity contribution in [3.8, 4) is 0 Å². The average molecular weight is 314 g/mol. The van der Waals surface area contributed by atoms with Crippen LogP contribution in [0.15, 0.2) is 36.7 Å². The van der Waals surface area contributed by atoms with E-state index in [0.717, 1.165) is 17.1 Å². The van der Waals surface area contributed by atoms with Gasteiger partial charge in [-0.25, -0.2) is 4.98 Å². The molecule has 1 unspecified atom stereocenters. The maximum absolute atomic E-state index is 12.5. The summed E-state index contributed by atoms with van der Waals surface area (Å²) in [7, 11) is 5.95. The number of nitrogens with one attached hydrogen (secondary N) is 1. The monoisotopic (exact) mass is 314 g/mol. The molecule has 0 spiro atoms. The first-order valence-corrected chi connectivity index (χ1v) is 7.75. The summed E-state index contributed by atoms with van der Waals surface area (Å²) in [5.74, 6) is 0.822. The summed E-state index contributed by atoms with van der Waals surface area (Å²) >= 11 is 0. The molecule has 1 aromatic heterocycles. The van der Waals surface area contributed by atoms with Crippen LogP contribution in [0.4, 0.5) is 5.69 Å². The fraction of sp³-hybridized carbons (Fsp3) is 0.444. The van der Waals surface area contributed by atoms with Gasteiger partial charge >= 0.3 is 0 Å². The Morgan fingerprint density at radius 3 is 2.26 bits per heavy atom. The summed E-state index contributed by atoms with van der Waals surface area (Å²) < 4.78 is 1.94. The zero-order valence-corrected chi connectivity index (χ0v) is 14.8. The maximum Gasteiger partial charge on any atom is 0.226 e. The Morgan fingerprint density at radius 2 is 1.83 bits per heavy atom. The van der Waals surface area contributed by atoms with Gasteiger partial charge in [0.25, 0.3) is 0 Å². The second-order valence-electron chi connectivity index (χ2n) is 7.04. The third kappa shape index (κ3) is 3.92. The minimum absolute atomic E-state index is 0.00202. The molecule has 2 rings (SSSR count). The van der Waals surface area contributed by atoms with Crippen LogP contribution in [0.3, 0.4) is 0 Å². The van der Waals surface area contributed by atoms with Crippen LogP contribution in [0, 0.1) is 5.41 Å². The lowest BCUT2D eigenvalue weighted by Crippen LogP contribution is -2.38. The molecule has 0 aliphatic rings. The van der Waals surface area contributed by atoms with E-state index in [1.54, 1.807) is 6.20 Å². The molecule has 5 nitrogen and oxygen atoms in total. The van der Waals surface area contributed by atoms with Crippen molar-refractivity contribution < 1.29 is 4.79 Å². The number of hydrogen-bond donors (Lipinski definition) is 1. The fourth-order valence-corrected chi connectivity index (χ4v) is 2.26. The Labute approximate surface area is 138 Å². The SMILES string of the molecule is CN(C)c1ccc(C(NC(=O)C(C)(C)C)c2nccn2C)cc1. The Balaban J connectivity index is 2.38. The van der Waals surface area contributed by atoms with Crippen molar-refractivity contribution in [2.24, 2.45) is 12.5 Å². The number of carbonyl (C=O) groups is 1. The number of amides is 1. The lowest BCUT2D eigenvalue weighted by atomic mass is 9.94. The first kappa shape index (κ1) is 17.1. The highest BCUT2D eigenvalue weighted by molar-refractivity contribution is 5.82. The van der Waals surface area contributed by atoms with Crippen LogP contribution in [-0.2, 0) is 11.8 Å². The van der Waals surface area contributed by atoms with E-state index in [4.69, 9.17) is 0 Å². The summed E-state index contributed by atoms with van der Waals surface area (Å²) in [4.78, 5) is 18.9. The van der Waals surface area contributed by atoms with Gasteiger partial charge in [-0.15, -0.1) is 0 Å². The molecule has 23 heavy (non-hydrogen) atoms. The van der Waals surface area contributed by atoms with Gasteiger partial charge < -0.3 is 14.8 Å². The van der Waals surface area contributed by atoms with E-state index in [2.05, 4.69) is 22.4 Å². The number of anilines is 1. The topological polar surface area (TPSA) is 50.2 Å². The Kier molecular flexibility index (Phi) is 4.78.